The molecule has 6 heteroatoms. The number of thiazole rings is 1. The van der Waals surface area contributed by atoms with Crippen molar-refractivity contribution < 1.29 is 14.3 Å². The lowest BCUT2D eigenvalue weighted by molar-refractivity contribution is 0.0701. The minimum absolute atomic E-state index is 0.0808. The molecule has 1 aromatic heterocycles. The molecule has 0 saturated carbocycles. The first kappa shape index (κ1) is 16.6. The smallest absolute Gasteiger partial charge is 0.347 e. The van der Waals surface area contributed by atoms with Crippen LogP contribution in [0, 0.1) is 12.7 Å². The number of hydrogen-bond donors (Lipinski definition) is 1. The molecule has 0 aliphatic carbocycles. The number of carbonyl (C=O) groups is 1. The van der Waals surface area contributed by atoms with Gasteiger partial charge >= 0.3 is 5.97 Å². The molecule has 0 atom stereocenters. The van der Waals surface area contributed by atoms with Crippen LogP contribution < -0.4 is 0 Å². The van der Waals surface area contributed by atoms with Crippen molar-refractivity contribution in [3.05, 3.63) is 50.2 Å². The largest absolute Gasteiger partial charge is 0.477 e. The summed E-state index contributed by atoms with van der Waals surface area (Å²) in [6.07, 6.45) is 0.0808. The summed E-state index contributed by atoms with van der Waals surface area (Å²) in [6, 6.07) is 4.37. The summed E-state index contributed by atoms with van der Waals surface area (Å²) in [6.45, 7) is 5.71. The third kappa shape index (κ3) is 3.77. The predicted molar refractivity (Wildman–Crippen MR) is 79.4 cm³/mol. The predicted octanol–water partition coefficient (Wildman–Crippen LogP) is 4.56. The van der Waals surface area contributed by atoms with Crippen LogP contribution in [0.4, 0.5) is 4.39 Å². The van der Waals surface area contributed by atoms with Crippen LogP contribution in [0.3, 0.4) is 0 Å². The zero-order valence-electron chi connectivity index (χ0n) is 11.4. The Labute approximate surface area is 126 Å². The highest BCUT2D eigenvalue weighted by molar-refractivity contribution is 7.13. The Morgan fingerprint density at radius 2 is 2.10 bits per heavy atom. The topological polar surface area (TPSA) is 50.2 Å². The molecule has 0 saturated heterocycles. The minimum atomic E-state index is -1.05. The zero-order chi connectivity index (χ0) is 15.3. The van der Waals surface area contributed by atoms with Crippen molar-refractivity contribution in [3.63, 3.8) is 0 Å². The SMILES string of the molecule is CC.Cc1nc(Cc2c(F)cccc2Cl)c(C(=O)O)s1. The fourth-order valence-corrected chi connectivity index (χ4v) is 2.63. The van der Waals surface area contributed by atoms with Crippen molar-refractivity contribution in [1.82, 2.24) is 4.98 Å². The average molecular weight is 316 g/mol. The molecule has 0 amide bonds. The molecule has 1 heterocycles. The zero-order valence-corrected chi connectivity index (χ0v) is 13.0. The molecule has 2 aromatic rings. The van der Waals surface area contributed by atoms with Crippen LogP contribution in [-0.2, 0) is 6.42 Å². The van der Waals surface area contributed by atoms with E-state index in [-0.39, 0.29) is 21.9 Å². The number of hydrogen-bond acceptors (Lipinski definition) is 3. The lowest BCUT2D eigenvalue weighted by Crippen LogP contribution is -2.02. The molecule has 108 valence electrons. The summed E-state index contributed by atoms with van der Waals surface area (Å²) in [7, 11) is 0. The van der Waals surface area contributed by atoms with Crippen LogP contribution in [0.5, 0.6) is 0 Å². The van der Waals surface area contributed by atoms with Gasteiger partial charge in [-0.15, -0.1) is 11.3 Å². The number of benzene rings is 1. The second-order valence-corrected chi connectivity index (χ2v) is 5.30. The van der Waals surface area contributed by atoms with Gasteiger partial charge in [0, 0.05) is 17.0 Å². The number of aryl methyl sites for hydroxylation is 1. The van der Waals surface area contributed by atoms with Crippen LogP contribution >= 0.6 is 22.9 Å². The second kappa shape index (κ2) is 7.36. The van der Waals surface area contributed by atoms with Crippen LogP contribution in [-0.4, -0.2) is 16.1 Å². The number of nitrogens with zero attached hydrogens (tertiary/aromatic N) is 1. The monoisotopic (exact) mass is 315 g/mol. The van der Waals surface area contributed by atoms with Gasteiger partial charge in [-0.3, -0.25) is 0 Å². The highest BCUT2D eigenvalue weighted by Crippen LogP contribution is 2.26. The van der Waals surface area contributed by atoms with Gasteiger partial charge in [0.15, 0.2) is 0 Å². The first-order chi connectivity index (χ1) is 9.49. The van der Waals surface area contributed by atoms with Crippen molar-refractivity contribution in [2.24, 2.45) is 0 Å². The molecular formula is C14H15ClFNO2S. The number of halogens is 2. The maximum absolute atomic E-state index is 13.6. The Morgan fingerprint density at radius 1 is 1.45 bits per heavy atom. The Balaban J connectivity index is 0.000000956. The Bertz CT molecular complexity index is 593. The molecule has 0 aliphatic rings. The van der Waals surface area contributed by atoms with E-state index in [1.54, 1.807) is 13.0 Å². The molecule has 0 bridgehead atoms. The third-order valence-corrected chi connectivity index (χ3v) is 3.76. The van der Waals surface area contributed by atoms with Crippen molar-refractivity contribution in [2.75, 3.05) is 0 Å². The van der Waals surface area contributed by atoms with Gasteiger partial charge in [0.1, 0.15) is 10.7 Å². The standard InChI is InChI=1S/C12H9ClFNO2S.C2H6/c1-6-15-10(11(18-6)12(16)17)5-7-8(13)3-2-4-9(7)14;1-2/h2-4H,5H2,1H3,(H,16,17);1-2H3. The van der Waals surface area contributed by atoms with E-state index in [4.69, 9.17) is 16.7 Å². The fraction of sp³-hybridized carbons (Fsp3) is 0.286. The number of rotatable bonds is 3. The normalized spacial score (nSPS) is 9.85. The molecule has 0 aliphatic heterocycles. The molecule has 0 radical (unpaired) electrons. The Hall–Kier alpha value is -1.46. The Kier molecular flexibility index (Phi) is 6.10. The van der Waals surface area contributed by atoms with Crippen LogP contribution in [0.15, 0.2) is 18.2 Å². The molecule has 1 aromatic carbocycles. The maximum atomic E-state index is 13.6. The van der Waals surface area contributed by atoms with Crippen molar-refractivity contribution in [3.8, 4) is 0 Å². The van der Waals surface area contributed by atoms with Crippen LogP contribution in [0.25, 0.3) is 0 Å². The van der Waals surface area contributed by atoms with Crippen LogP contribution in [0.1, 0.15) is 39.8 Å². The van der Waals surface area contributed by atoms with E-state index in [0.717, 1.165) is 11.3 Å². The van der Waals surface area contributed by atoms with Gasteiger partial charge in [-0.1, -0.05) is 31.5 Å². The summed E-state index contributed by atoms with van der Waals surface area (Å²) < 4.78 is 13.6. The van der Waals surface area contributed by atoms with E-state index in [9.17, 15) is 9.18 Å². The van der Waals surface area contributed by atoms with E-state index >= 15 is 0 Å². The van der Waals surface area contributed by atoms with E-state index in [1.807, 2.05) is 13.8 Å². The van der Waals surface area contributed by atoms with Gasteiger partial charge in [-0.25, -0.2) is 14.2 Å². The van der Waals surface area contributed by atoms with E-state index in [0.29, 0.717) is 10.7 Å². The molecular weight excluding hydrogens is 301 g/mol. The van der Waals surface area contributed by atoms with E-state index < -0.39 is 11.8 Å². The third-order valence-electron chi connectivity index (χ3n) is 2.40. The van der Waals surface area contributed by atoms with Crippen molar-refractivity contribution in [1.29, 1.82) is 0 Å². The van der Waals surface area contributed by atoms with E-state index in [2.05, 4.69) is 4.98 Å². The van der Waals surface area contributed by atoms with Gasteiger partial charge < -0.3 is 5.11 Å². The molecule has 1 N–H and O–H groups in total. The van der Waals surface area contributed by atoms with Gasteiger partial charge in [0.05, 0.1) is 10.7 Å². The summed E-state index contributed by atoms with van der Waals surface area (Å²) >= 11 is 6.98. The highest BCUT2D eigenvalue weighted by atomic mass is 35.5. The number of carboxylic acids is 1. The Morgan fingerprint density at radius 3 is 2.65 bits per heavy atom. The lowest BCUT2D eigenvalue weighted by atomic mass is 10.1. The minimum Gasteiger partial charge on any atom is -0.477 e. The molecule has 3 nitrogen and oxygen atoms in total. The number of aromatic carboxylic acids is 1. The van der Waals surface area contributed by atoms with Crippen LogP contribution in [0.2, 0.25) is 5.02 Å². The fourth-order valence-electron chi connectivity index (χ4n) is 1.63. The quantitative estimate of drug-likeness (QED) is 0.903. The average Bonchev–Trinajstić information content (AvgIpc) is 2.78. The molecule has 0 unspecified atom stereocenters. The first-order valence-electron chi connectivity index (χ1n) is 6.11. The van der Waals surface area contributed by atoms with Crippen molar-refractivity contribution in [2.45, 2.75) is 27.2 Å². The number of carboxylic acid groups (broad SMARTS) is 1. The summed E-state index contributed by atoms with van der Waals surface area (Å²) in [4.78, 5) is 15.3. The van der Waals surface area contributed by atoms with Crippen molar-refractivity contribution >= 4 is 28.9 Å². The molecule has 2 rings (SSSR count). The van der Waals surface area contributed by atoms with Gasteiger partial charge in [-0.2, -0.15) is 0 Å². The number of aromatic nitrogens is 1. The van der Waals surface area contributed by atoms with Gasteiger partial charge in [-0.05, 0) is 19.1 Å². The lowest BCUT2D eigenvalue weighted by Gasteiger charge is -2.04. The van der Waals surface area contributed by atoms with Gasteiger partial charge in [0.25, 0.3) is 0 Å². The second-order valence-electron chi connectivity index (χ2n) is 3.69. The van der Waals surface area contributed by atoms with E-state index in [1.165, 1.54) is 12.1 Å². The maximum Gasteiger partial charge on any atom is 0.347 e. The summed E-state index contributed by atoms with van der Waals surface area (Å²) in [5.41, 5.74) is 0.615. The highest BCUT2D eigenvalue weighted by Gasteiger charge is 2.18. The molecule has 20 heavy (non-hydrogen) atoms. The first-order valence-corrected chi connectivity index (χ1v) is 7.31. The van der Waals surface area contributed by atoms with Gasteiger partial charge in [0.2, 0.25) is 0 Å². The summed E-state index contributed by atoms with van der Waals surface area (Å²) in [5, 5.41) is 9.95. The molecule has 0 spiro atoms. The summed E-state index contributed by atoms with van der Waals surface area (Å²) in [5.74, 6) is -1.51. The molecule has 0 fully saturated rings.